The molecule has 1 atom stereocenters. The fourth-order valence-corrected chi connectivity index (χ4v) is 1.34. The summed E-state index contributed by atoms with van der Waals surface area (Å²) < 4.78 is 11.3. The quantitative estimate of drug-likeness (QED) is 0.664. The van der Waals surface area contributed by atoms with E-state index in [1.54, 1.807) is 0 Å². The fourth-order valence-electron chi connectivity index (χ4n) is 0.873. The smallest absolute Gasteiger partial charge is 0.278 e. The van der Waals surface area contributed by atoms with Crippen LogP contribution in [0.2, 0.25) is 0 Å². The molecule has 0 saturated heterocycles. The first kappa shape index (κ1) is 12.7. The van der Waals surface area contributed by atoms with E-state index in [-0.39, 0.29) is 5.65 Å². The largest absolute Gasteiger partial charge is 0.349 e. The predicted octanol–water partition coefficient (Wildman–Crippen LogP) is 1.17. The first-order valence-corrected chi connectivity index (χ1v) is 6.96. The van der Waals surface area contributed by atoms with Crippen LogP contribution in [0.3, 0.4) is 0 Å². The number of nitrogens with one attached hydrogen (secondary N) is 2. The van der Waals surface area contributed by atoms with Crippen LogP contribution in [0.25, 0.3) is 0 Å². The van der Waals surface area contributed by atoms with Gasteiger partial charge in [0.05, 0.1) is 0 Å². The fraction of sp³-hybridized carbons (Fsp3) is 0.875. The van der Waals surface area contributed by atoms with Gasteiger partial charge in [-0.15, -0.1) is 0 Å². The van der Waals surface area contributed by atoms with Gasteiger partial charge >= 0.3 is 0 Å². The van der Waals surface area contributed by atoms with E-state index in [2.05, 4.69) is 10.6 Å². The second kappa shape index (κ2) is 5.40. The van der Waals surface area contributed by atoms with Gasteiger partial charge in [0.1, 0.15) is 0 Å². The highest BCUT2D eigenvalue weighted by Crippen LogP contribution is 2.36. The Bertz CT molecular complexity index is 212. The van der Waals surface area contributed by atoms with E-state index in [1.165, 1.54) is 13.3 Å². The molecule has 0 heterocycles. The van der Waals surface area contributed by atoms with Gasteiger partial charge in [0.15, 0.2) is 7.14 Å². The van der Waals surface area contributed by atoms with Crippen LogP contribution in [0.15, 0.2) is 0 Å². The minimum atomic E-state index is -2.60. The van der Waals surface area contributed by atoms with Crippen LogP contribution in [0.4, 0.5) is 4.79 Å². The average Bonchev–Trinajstić information content (AvgIpc) is 1.99. The van der Waals surface area contributed by atoms with Gasteiger partial charge in [0, 0.05) is 6.54 Å². The topological polar surface area (TPSA) is 58.2 Å². The summed E-state index contributed by atoms with van der Waals surface area (Å²) in [7, 11) is -0.738. The van der Waals surface area contributed by atoms with Crippen molar-refractivity contribution < 1.29 is 9.36 Å². The number of rotatable bonds is 5. The summed E-state index contributed by atoms with van der Waals surface area (Å²) >= 11 is 0. The third kappa shape index (κ3) is 5.83. The zero-order valence-electron chi connectivity index (χ0n) is 8.76. The maximum atomic E-state index is 11.3. The highest BCUT2D eigenvalue weighted by Gasteiger charge is 2.18. The number of hydrogen-bond donors (Lipinski definition) is 2. The average molecular weight is 206 g/mol. The molecular formula is C8H19N2O2P. The number of hydrogen-bond acceptors (Lipinski definition) is 3. The molecule has 0 aromatic rings. The Hall–Kier alpha value is -0.340. The van der Waals surface area contributed by atoms with E-state index in [0.29, 0.717) is 12.5 Å². The lowest BCUT2D eigenvalue weighted by atomic mass is 10.2. The van der Waals surface area contributed by atoms with Gasteiger partial charge in [-0.05, 0) is 32.8 Å². The third-order valence-corrected chi connectivity index (χ3v) is 2.78. The minimum absolute atomic E-state index is 0.324. The Morgan fingerprint density at radius 3 is 2.31 bits per heavy atom. The Balaban J connectivity index is 3.77. The Morgan fingerprint density at radius 2 is 1.92 bits per heavy atom. The Kier molecular flexibility index (Phi) is 5.26. The first-order chi connectivity index (χ1) is 5.88. The van der Waals surface area contributed by atoms with Crippen molar-refractivity contribution in [2.24, 2.45) is 5.92 Å². The van der Waals surface area contributed by atoms with Gasteiger partial charge in [0.25, 0.3) is 5.65 Å². The van der Waals surface area contributed by atoms with Crippen LogP contribution >= 0.6 is 7.14 Å². The summed E-state index contributed by atoms with van der Waals surface area (Å²) in [6, 6.07) is 0. The Labute approximate surface area is 79.8 Å². The van der Waals surface area contributed by atoms with Gasteiger partial charge in [-0.2, -0.15) is 0 Å². The van der Waals surface area contributed by atoms with Gasteiger partial charge < -0.3 is 15.2 Å². The van der Waals surface area contributed by atoms with Crippen LogP contribution < -0.4 is 10.6 Å². The lowest BCUT2D eigenvalue weighted by molar-refractivity contribution is 0.257. The molecule has 0 aromatic carbocycles. The molecule has 0 aliphatic carbocycles. The Morgan fingerprint density at radius 1 is 1.38 bits per heavy atom. The zero-order valence-corrected chi connectivity index (χ0v) is 9.65. The molecule has 1 amide bonds. The van der Waals surface area contributed by atoms with Crippen LogP contribution in [0.5, 0.6) is 0 Å². The van der Waals surface area contributed by atoms with Crippen molar-refractivity contribution in [2.75, 3.05) is 33.5 Å². The molecule has 0 aromatic heterocycles. The van der Waals surface area contributed by atoms with Crippen LogP contribution in [0.1, 0.15) is 6.92 Å². The van der Waals surface area contributed by atoms with Gasteiger partial charge in [-0.3, -0.25) is 4.79 Å². The number of amides is 1. The lowest BCUT2D eigenvalue weighted by Gasteiger charge is -2.13. The van der Waals surface area contributed by atoms with Gasteiger partial charge in [-0.25, -0.2) is 0 Å². The molecule has 0 unspecified atom stereocenters. The molecule has 0 fully saturated rings. The summed E-state index contributed by atoms with van der Waals surface area (Å²) in [6.07, 6.45) is 0. The van der Waals surface area contributed by atoms with Crippen molar-refractivity contribution in [1.82, 2.24) is 10.6 Å². The second-order valence-corrected chi connectivity index (χ2v) is 6.81. The molecule has 0 radical (unpaired) electrons. The molecule has 0 bridgehead atoms. The van der Waals surface area contributed by atoms with Crippen LogP contribution in [-0.2, 0) is 4.57 Å². The van der Waals surface area contributed by atoms with E-state index in [9.17, 15) is 9.36 Å². The highest BCUT2D eigenvalue weighted by atomic mass is 31.2. The van der Waals surface area contributed by atoms with E-state index < -0.39 is 7.14 Å². The molecule has 0 aliphatic heterocycles. The zero-order chi connectivity index (χ0) is 10.5. The minimum Gasteiger partial charge on any atom is -0.349 e. The van der Waals surface area contributed by atoms with E-state index in [1.807, 2.05) is 14.0 Å². The molecule has 4 nitrogen and oxygen atoms in total. The third-order valence-electron chi connectivity index (χ3n) is 1.64. The summed E-state index contributed by atoms with van der Waals surface area (Å²) in [4.78, 5) is 11.2. The normalized spacial score (nSPS) is 13.8. The first-order valence-electron chi connectivity index (χ1n) is 4.36. The molecule has 13 heavy (non-hydrogen) atoms. The van der Waals surface area contributed by atoms with Crippen molar-refractivity contribution in [1.29, 1.82) is 0 Å². The van der Waals surface area contributed by atoms with Gasteiger partial charge in [-0.1, -0.05) is 6.92 Å². The molecule has 78 valence electrons. The van der Waals surface area contributed by atoms with Crippen molar-refractivity contribution in [2.45, 2.75) is 6.92 Å². The van der Waals surface area contributed by atoms with Crippen LogP contribution in [-0.4, -0.2) is 39.1 Å². The molecule has 0 saturated carbocycles. The molecule has 5 heteroatoms. The molecule has 0 rings (SSSR count). The molecular weight excluding hydrogens is 187 g/mol. The summed E-state index contributed by atoms with van der Waals surface area (Å²) in [6.45, 7) is 6.40. The number of carbonyl (C=O) groups is 1. The highest BCUT2D eigenvalue weighted by molar-refractivity contribution is 7.78. The van der Waals surface area contributed by atoms with Crippen molar-refractivity contribution >= 4 is 12.8 Å². The van der Waals surface area contributed by atoms with E-state index in [4.69, 9.17) is 0 Å². The monoisotopic (exact) mass is 206 g/mol. The van der Waals surface area contributed by atoms with E-state index >= 15 is 0 Å². The van der Waals surface area contributed by atoms with Crippen molar-refractivity contribution in [3.05, 3.63) is 0 Å². The maximum absolute atomic E-state index is 11.3. The summed E-state index contributed by atoms with van der Waals surface area (Å²) in [5.41, 5.74) is -0.324. The second-order valence-electron chi connectivity index (χ2n) is 3.70. The van der Waals surface area contributed by atoms with E-state index in [0.717, 1.165) is 6.54 Å². The summed E-state index contributed by atoms with van der Waals surface area (Å²) in [5.74, 6) is 0.362. The van der Waals surface area contributed by atoms with Crippen molar-refractivity contribution in [3.8, 4) is 0 Å². The van der Waals surface area contributed by atoms with Gasteiger partial charge in [0.2, 0.25) is 0 Å². The van der Waals surface area contributed by atoms with Crippen LogP contribution in [0, 0.1) is 5.92 Å². The van der Waals surface area contributed by atoms with Crippen molar-refractivity contribution in [3.63, 3.8) is 0 Å². The SMILES string of the molecule is CNC[C@@H](C)CNC(=O)P(C)(C)=O. The predicted molar refractivity (Wildman–Crippen MR) is 55.9 cm³/mol. The maximum Gasteiger partial charge on any atom is 0.278 e. The summed E-state index contributed by atoms with van der Waals surface area (Å²) in [5, 5.41) is 5.67. The molecule has 2 N–H and O–H groups in total. The standard InChI is InChI=1S/C8H19N2O2P/c1-7(5-9-2)6-10-8(11)13(3,4)12/h7,9H,5-6H2,1-4H3,(H,10,11)/t7-/m1/s1. The lowest BCUT2D eigenvalue weighted by Crippen LogP contribution is -2.31. The molecule has 0 spiro atoms. The molecule has 0 aliphatic rings. The number of carbonyl (C=O) groups excluding carboxylic acids is 1.